The Balaban J connectivity index is 1.43. The van der Waals surface area contributed by atoms with Crippen LogP contribution < -0.4 is 4.72 Å². The Labute approximate surface area is 205 Å². The minimum atomic E-state index is -3.90. The topological polar surface area (TPSA) is 94.4 Å². The maximum absolute atomic E-state index is 13.0. The van der Waals surface area contributed by atoms with Crippen LogP contribution >= 0.6 is 0 Å². The molecule has 0 heterocycles. The first kappa shape index (κ1) is 23.1. The SMILES string of the molecule is Cc1ccccc1[N-]S(=O)(=O)c1ccc2c(c1)Cc1cc(S(=O)(=O)Nc3ccccc3C)ccc1-2. The van der Waals surface area contributed by atoms with Gasteiger partial charge in [-0.3, -0.25) is 4.72 Å². The normalized spacial score (nSPS) is 12.6. The maximum atomic E-state index is 13.0. The summed E-state index contributed by atoms with van der Waals surface area (Å²) in [5.74, 6) is 0. The molecule has 0 amide bonds. The second kappa shape index (κ2) is 8.55. The van der Waals surface area contributed by atoms with Crippen molar-refractivity contribution in [2.75, 3.05) is 4.72 Å². The molecule has 0 radical (unpaired) electrons. The van der Waals surface area contributed by atoms with E-state index in [0.717, 1.165) is 33.4 Å². The Kier molecular flexibility index (Phi) is 5.65. The van der Waals surface area contributed by atoms with Crippen molar-refractivity contribution in [3.8, 4) is 11.1 Å². The van der Waals surface area contributed by atoms with Gasteiger partial charge in [-0.25, -0.2) is 16.8 Å². The molecule has 0 aromatic heterocycles. The third-order valence-electron chi connectivity index (χ3n) is 6.16. The first-order valence-electron chi connectivity index (χ1n) is 11.0. The molecule has 178 valence electrons. The van der Waals surface area contributed by atoms with Crippen molar-refractivity contribution in [1.82, 2.24) is 0 Å². The molecule has 0 saturated heterocycles. The predicted molar refractivity (Wildman–Crippen MR) is 138 cm³/mol. The van der Waals surface area contributed by atoms with Crippen molar-refractivity contribution < 1.29 is 16.8 Å². The fraction of sp³-hybridized carbons (Fsp3) is 0.111. The largest absolute Gasteiger partial charge is 0.572 e. The molecule has 0 aliphatic heterocycles. The zero-order valence-corrected chi connectivity index (χ0v) is 20.8. The molecule has 5 rings (SSSR count). The number of sulfonamides is 2. The van der Waals surface area contributed by atoms with E-state index >= 15 is 0 Å². The Bertz CT molecular complexity index is 1550. The first-order chi connectivity index (χ1) is 16.6. The van der Waals surface area contributed by atoms with E-state index in [1.54, 1.807) is 60.7 Å². The molecule has 1 aliphatic carbocycles. The van der Waals surface area contributed by atoms with E-state index in [1.807, 2.05) is 38.1 Å². The third kappa shape index (κ3) is 4.42. The molecular weight excluding hydrogens is 480 g/mol. The first-order valence-corrected chi connectivity index (χ1v) is 13.9. The summed E-state index contributed by atoms with van der Waals surface area (Å²) in [6, 6.07) is 24.2. The van der Waals surface area contributed by atoms with Gasteiger partial charge in [-0.1, -0.05) is 60.2 Å². The lowest BCUT2D eigenvalue weighted by molar-refractivity contribution is 0.600. The van der Waals surface area contributed by atoms with Gasteiger partial charge >= 0.3 is 0 Å². The van der Waals surface area contributed by atoms with Gasteiger partial charge in [0.2, 0.25) is 0 Å². The highest BCUT2D eigenvalue weighted by Gasteiger charge is 2.23. The summed E-state index contributed by atoms with van der Waals surface area (Å²) in [6.07, 6.45) is 0.437. The molecule has 0 saturated carbocycles. The van der Waals surface area contributed by atoms with Crippen LogP contribution in [0.1, 0.15) is 22.3 Å². The maximum Gasteiger partial charge on any atom is 0.261 e. The quantitative estimate of drug-likeness (QED) is 0.304. The van der Waals surface area contributed by atoms with Gasteiger partial charge in [-0.05, 0) is 78.4 Å². The molecule has 0 spiro atoms. The van der Waals surface area contributed by atoms with Crippen LogP contribution in [0.15, 0.2) is 94.7 Å². The van der Waals surface area contributed by atoms with Crippen molar-refractivity contribution >= 4 is 31.4 Å². The molecule has 0 atom stereocenters. The number of anilines is 1. The van der Waals surface area contributed by atoms with Crippen LogP contribution in [-0.4, -0.2) is 16.8 Å². The average molecular weight is 504 g/mol. The van der Waals surface area contributed by atoms with E-state index in [4.69, 9.17) is 0 Å². The average Bonchev–Trinajstić information content (AvgIpc) is 3.19. The Morgan fingerprint density at radius 2 is 1.26 bits per heavy atom. The smallest absolute Gasteiger partial charge is 0.261 e. The zero-order valence-electron chi connectivity index (χ0n) is 19.2. The number of rotatable bonds is 6. The van der Waals surface area contributed by atoms with Crippen LogP contribution in [0.3, 0.4) is 0 Å². The number of hydrogen-bond donors (Lipinski definition) is 1. The number of aryl methyl sites for hydroxylation is 2. The van der Waals surface area contributed by atoms with Gasteiger partial charge in [-0.15, -0.1) is 5.69 Å². The second-order valence-electron chi connectivity index (χ2n) is 8.59. The number of para-hydroxylation sites is 1. The molecule has 8 heteroatoms. The van der Waals surface area contributed by atoms with Gasteiger partial charge in [0.05, 0.1) is 15.5 Å². The van der Waals surface area contributed by atoms with Crippen LogP contribution in [0, 0.1) is 13.8 Å². The van der Waals surface area contributed by atoms with Gasteiger partial charge in [0.1, 0.15) is 10.0 Å². The van der Waals surface area contributed by atoms with E-state index in [-0.39, 0.29) is 9.79 Å². The highest BCUT2D eigenvalue weighted by atomic mass is 32.2. The molecule has 4 aromatic carbocycles. The predicted octanol–water partition coefficient (Wildman–Crippen LogP) is 6.07. The summed E-state index contributed by atoms with van der Waals surface area (Å²) in [7, 11) is -7.67. The molecule has 4 aromatic rings. The molecule has 0 unspecified atom stereocenters. The summed E-state index contributed by atoms with van der Waals surface area (Å²) in [4.78, 5) is 0.274. The van der Waals surface area contributed by atoms with Crippen LogP contribution in [-0.2, 0) is 26.5 Å². The fourth-order valence-electron chi connectivity index (χ4n) is 4.23. The number of hydrogen-bond acceptors (Lipinski definition) is 4. The number of nitrogens with zero attached hydrogens (tertiary/aromatic N) is 1. The minimum Gasteiger partial charge on any atom is -0.572 e. The lowest BCUT2D eigenvalue weighted by atomic mass is 10.1. The second-order valence-corrected chi connectivity index (χ2v) is 11.9. The van der Waals surface area contributed by atoms with E-state index in [1.165, 1.54) is 0 Å². The van der Waals surface area contributed by atoms with Crippen molar-refractivity contribution in [3.63, 3.8) is 0 Å². The molecule has 0 bridgehead atoms. The third-order valence-corrected chi connectivity index (χ3v) is 8.81. The lowest BCUT2D eigenvalue weighted by Gasteiger charge is -2.24. The summed E-state index contributed by atoms with van der Waals surface area (Å²) < 4.78 is 58.6. The van der Waals surface area contributed by atoms with Crippen LogP contribution in [0.2, 0.25) is 0 Å². The van der Waals surface area contributed by atoms with Gasteiger partial charge in [0.15, 0.2) is 0 Å². The van der Waals surface area contributed by atoms with E-state index in [0.29, 0.717) is 17.8 Å². The van der Waals surface area contributed by atoms with Crippen LogP contribution in [0.4, 0.5) is 11.4 Å². The zero-order chi connectivity index (χ0) is 24.8. The van der Waals surface area contributed by atoms with Gasteiger partial charge < -0.3 is 4.72 Å². The standard InChI is InChI=1S/C27H23N2O4S2/c1-18-7-3-5-9-26(18)28-34(30,31)22-11-13-24-20(16-22)15-21-17-23(12-14-25(21)24)35(32,33)29-27-10-6-4-8-19(27)2/h3-14,16-17,28H,15H2,1-2H3/q-1. The van der Waals surface area contributed by atoms with Crippen molar-refractivity contribution in [1.29, 1.82) is 0 Å². The summed E-state index contributed by atoms with van der Waals surface area (Å²) in [6.45, 7) is 3.65. The Morgan fingerprint density at radius 3 is 1.91 bits per heavy atom. The van der Waals surface area contributed by atoms with E-state index in [2.05, 4.69) is 9.44 Å². The van der Waals surface area contributed by atoms with Crippen molar-refractivity contribution in [3.05, 3.63) is 112 Å². The monoisotopic (exact) mass is 503 g/mol. The molecule has 6 nitrogen and oxygen atoms in total. The molecule has 0 fully saturated rings. The lowest BCUT2D eigenvalue weighted by Crippen LogP contribution is -2.14. The minimum absolute atomic E-state index is 0.112. The van der Waals surface area contributed by atoms with Crippen molar-refractivity contribution in [2.45, 2.75) is 30.1 Å². The number of benzene rings is 4. The van der Waals surface area contributed by atoms with Gasteiger partial charge in [0.25, 0.3) is 10.0 Å². The highest BCUT2D eigenvalue weighted by molar-refractivity contribution is 7.94. The van der Waals surface area contributed by atoms with Crippen LogP contribution in [0.25, 0.3) is 15.8 Å². The summed E-state index contributed by atoms with van der Waals surface area (Å²) >= 11 is 0. The van der Waals surface area contributed by atoms with E-state index in [9.17, 15) is 16.8 Å². The Morgan fingerprint density at radius 1 is 0.686 bits per heavy atom. The van der Waals surface area contributed by atoms with Gasteiger partial charge in [-0.2, -0.15) is 0 Å². The summed E-state index contributed by atoms with van der Waals surface area (Å²) in [5.41, 5.74) is 5.99. The van der Waals surface area contributed by atoms with Crippen LogP contribution in [0.5, 0.6) is 0 Å². The molecular formula is C27H23N2O4S2-. The number of fused-ring (bicyclic) bond motifs is 3. The van der Waals surface area contributed by atoms with E-state index < -0.39 is 20.0 Å². The highest BCUT2D eigenvalue weighted by Crippen LogP contribution is 2.40. The Hall–Kier alpha value is -3.62. The summed E-state index contributed by atoms with van der Waals surface area (Å²) in [5, 5.41) is 0. The number of nitrogens with one attached hydrogen (secondary N) is 1. The molecule has 1 N–H and O–H groups in total. The van der Waals surface area contributed by atoms with Gasteiger partial charge in [0, 0.05) is 0 Å². The van der Waals surface area contributed by atoms with Crippen molar-refractivity contribution in [2.24, 2.45) is 0 Å². The molecule has 1 aliphatic rings. The fourth-order valence-corrected chi connectivity index (χ4v) is 6.51. The molecule has 35 heavy (non-hydrogen) atoms.